The molecule has 0 aliphatic heterocycles. The van der Waals surface area contributed by atoms with E-state index in [9.17, 15) is 4.79 Å². The minimum absolute atomic E-state index is 0.425. The van der Waals surface area contributed by atoms with Crippen LogP contribution in [-0.4, -0.2) is 20.3 Å². The number of aliphatic imine (C=N–C) groups is 1. The summed E-state index contributed by atoms with van der Waals surface area (Å²) in [7, 11) is 3.24. The summed E-state index contributed by atoms with van der Waals surface area (Å²) in [5.74, 6) is 1.42. The molecule has 102 valence electrons. The lowest BCUT2D eigenvalue weighted by Gasteiger charge is -2.24. The molecule has 0 saturated heterocycles. The third-order valence-corrected chi connectivity index (χ3v) is 3.89. The third kappa shape index (κ3) is 2.36. The Labute approximate surface area is 113 Å². The predicted octanol–water partition coefficient (Wildman–Crippen LogP) is 3.12. The van der Waals surface area contributed by atoms with E-state index in [1.54, 1.807) is 20.3 Å². The van der Waals surface area contributed by atoms with E-state index in [0.717, 1.165) is 42.6 Å². The predicted molar refractivity (Wildman–Crippen MR) is 72.6 cm³/mol. The van der Waals surface area contributed by atoms with Gasteiger partial charge in [0.2, 0.25) is 6.08 Å². The number of hydrogen-bond acceptors (Lipinski definition) is 4. The first kappa shape index (κ1) is 13.6. The summed E-state index contributed by atoms with van der Waals surface area (Å²) < 4.78 is 10.7. The fraction of sp³-hybridized carbons (Fsp3) is 0.533. The van der Waals surface area contributed by atoms with Gasteiger partial charge in [0.25, 0.3) is 0 Å². The number of hydrogen-bond donors (Lipinski definition) is 0. The smallest absolute Gasteiger partial charge is 0.235 e. The van der Waals surface area contributed by atoms with Gasteiger partial charge in [-0.3, -0.25) is 0 Å². The molecule has 0 aromatic heterocycles. The highest BCUT2D eigenvalue weighted by Crippen LogP contribution is 2.45. The molecule has 0 atom stereocenters. The number of nitrogens with zero attached hydrogens (tertiary/aromatic N) is 1. The highest BCUT2D eigenvalue weighted by molar-refractivity contribution is 5.51. The van der Waals surface area contributed by atoms with Crippen LogP contribution < -0.4 is 9.47 Å². The maximum atomic E-state index is 10.8. The average Bonchev–Trinajstić information content (AvgIpc) is 2.88. The molecule has 0 N–H and O–H groups in total. The van der Waals surface area contributed by atoms with Crippen molar-refractivity contribution in [1.82, 2.24) is 0 Å². The first-order valence-electron chi connectivity index (χ1n) is 6.49. The average molecular weight is 261 g/mol. The Morgan fingerprint density at radius 3 is 2.42 bits per heavy atom. The van der Waals surface area contributed by atoms with Crippen molar-refractivity contribution in [3.05, 3.63) is 23.3 Å². The highest BCUT2D eigenvalue weighted by Gasteiger charge is 2.36. The maximum Gasteiger partial charge on any atom is 0.235 e. The van der Waals surface area contributed by atoms with Crippen LogP contribution in [0.2, 0.25) is 0 Å². The molecular formula is C15H19NO3. The Bertz CT molecular complexity index is 512. The van der Waals surface area contributed by atoms with Crippen molar-refractivity contribution < 1.29 is 14.3 Å². The molecule has 2 rings (SSSR count). The molecule has 0 bridgehead atoms. The van der Waals surface area contributed by atoms with Gasteiger partial charge in [-0.2, -0.15) is 4.99 Å². The lowest BCUT2D eigenvalue weighted by molar-refractivity contribution is 0.350. The van der Waals surface area contributed by atoms with Crippen LogP contribution in [-0.2, 0) is 10.3 Å². The second-order valence-electron chi connectivity index (χ2n) is 4.97. The van der Waals surface area contributed by atoms with Crippen molar-refractivity contribution in [3.8, 4) is 11.5 Å². The number of carbonyl (C=O) groups excluding carboxylic acids is 1. The first-order valence-corrected chi connectivity index (χ1v) is 6.49. The SMILES string of the molecule is COc1cc(C2(N=C=O)CCCC2)cc(C)c1OC. The summed E-state index contributed by atoms with van der Waals surface area (Å²) in [6.45, 7) is 1.97. The number of methoxy groups -OCH3 is 2. The van der Waals surface area contributed by atoms with E-state index in [1.807, 2.05) is 19.1 Å². The largest absolute Gasteiger partial charge is 0.493 e. The van der Waals surface area contributed by atoms with Gasteiger partial charge in [0.05, 0.1) is 19.8 Å². The van der Waals surface area contributed by atoms with Crippen molar-refractivity contribution in [2.75, 3.05) is 14.2 Å². The van der Waals surface area contributed by atoms with Crippen molar-refractivity contribution in [1.29, 1.82) is 0 Å². The molecule has 1 aromatic rings. The van der Waals surface area contributed by atoms with Gasteiger partial charge in [-0.1, -0.05) is 12.8 Å². The lowest BCUT2D eigenvalue weighted by atomic mass is 9.87. The molecule has 1 aliphatic rings. The fourth-order valence-corrected chi connectivity index (χ4v) is 2.94. The monoisotopic (exact) mass is 261 g/mol. The number of benzene rings is 1. The van der Waals surface area contributed by atoms with E-state index in [4.69, 9.17) is 9.47 Å². The van der Waals surface area contributed by atoms with Crippen LogP contribution in [0.4, 0.5) is 0 Å². The van der Waals surface area contributed by atoms with E-state index >= 15 is 0 Å². The quantitative estimate of drug-likeness (QED) is 0.618. The zero-order valence-electron chi connectivity index (χ0n) is 11.7. The van der Waals surface area contributed by atoms with E-state index in [0.29, 0.717) is 5.75 Å². The summed E-state index contributed by atoms with van der Waals surface area (Å²) in [5, 5.41) is 0. The van der Waals surface area contributed by atoms with Gasteiger partial charge in [0, 0.05) is 0 Å². The summed E-state index contributed by atoms with van der Waals surface area (Å²) >= 11 is 0. The Hall–Kier alpha value is -1.80. The topological polar surface area (TPSA) is 47.9 Å². The minimum atomic E-state index is -0.425. The fourth-order valence-electron chi connectivity index (χ4n) is 2.94. The summed E-state index contributed by atoms with van der Waals surface area (Å²) in [4.78, 5) is 14.8. The standard InChI is InChI=1S/C15H19NO3/c1-11-8-12(9-13(18-2)14(11)19-3)15(16-10-17)6-4-5-7-15/h8-9H,4-7H2,1-3H3. The highest BCUT2D eigenvalue weighted by atomic mass is 16.5. The molecule has 0 unspecified atom stereocenters. The van der Waals surface area contributed by atoms with E-state index in [2.05, 4.69) is 4.99 Å². The summed E-state index contributed by atoms with van der Waals surface area (Å²) in [6, 6.07) is 3.96. The molecule has 0 radical (unpaired) electrons. The molecule has 19 heavy (non-hydrogen) atoms. The molecular weight excluding hydrogens is 242 g/mol. The van der Waals surface area contributed by atoms with Crippen LogP contribution in [0.1, 0.15) is 36.8 Å². The van der Waals surface area contributed by atoms with Gasteiger partial charge in [-0.15, -0.1) is 0 Å². The number of aryl methyl sites for hydroxylation is 1. The molecule has 0 spiro atoms. The molecule has 4 heteroatoms. The number of isocyanates is 1. The van der Waals surface area contributed by atoms with Crippen molar-refractivity contribution in [2.24, 2.45) is 4.99 Å². The Morgan fingerprint density at radius 2 is 1.89 bits per heavy atom. The number of rotatable bonds is 4. The minimum Gasteiger partial charge on any atom is -0.493 e. The zero-order valence-corrected chi connectivity index (χ0v) is 11.7. The van der Waals surface area contributed by atoms with E-state index in [1.165, 1.54) is 0 Å². The van der Waals surface area contributed by atoms with Gasteiger partial charge in [0.1, 0.15) is 0 Å². The van der Waals surface area contributed by atoms with E-state index in [-0.39, 0.29) is 0 Å². The summed E-state index contributed by atoms with van der Waals surface area (Å²) in [6.07, 6.45) is 5.67. The van der Waals surface area contributed by atoms with Crippen LogP contribution in [0.3, 0.4) is 0 Å². The Balaban J connectivity index is 2.55. The van der Waals surface area contributed by atoms with Gasteiger partial charge >= 0.3 is 0 Å². The van der Waals surface area contributed by atoms with Crippen LogP contribution in [0.15, 0.2) is 17.1 Å². The molecule has 1 saturated carbocycles. The Kier molecular flexibility index (Phi) is 3.91. The van der Waals surface area contributed by atoms with Gasteiger partial charge in [-0.05, 0) is 43.0 Å². The van der Waals surface area contributed by atoms with Crippen LogP contribution >= 0.6 is 0 Å². The second kappa shape index (κ2) is 5.45. The van der Waals surface area contributed by atoms with E-state index < -0.39 is 5.54 Å². The van der Waals surface area contributed by atoms with Crippen LogP contribution in [0.25, 0.3) is 0 Å². The molecule has 0 amide bonds. The zero-order chi connectivity index (χ0) is 13.9. The van der Waals surface area contributed by atoms with Crippen molar-refractivity contribution in [2.45, 2.75) is 38.1 Å². The molecule has 1 aliphatic carbocycles. The third-order valence-electron chi connectivity index (χ3n) is 3.89. The lowest BCUT2D eigenvalue weighted by Crippen LogP contribution is -2.19. The van der Waals surface area contributed by atoms with Gasteiger partial charge < -0.3 is 9.47 Å². The molecule has 4 nitrogen and oxygen atoms in total. The molecule has 1 fully saturated rings. The Morgan fingerprint density at radius 1 is 1.21 bits per heavy atom. The first-order chi connectivity index (χ1) is 9.16. The number of ether oxygens (including phenoxy) is 2. The molecule has 1 aromatic carbocycles. The van der Waals surface area contributed by atoms with Gasteiger partial charge in [-0.25, -0.2) is 4.79 Å². The maximum absolute atomic E-state index is 10.8. The van der Waals surface area contributed by atoms with Crippen LogP contribution in [0.5, 0.6) is 11.5 Å². The van der Waals surface area contributed by atoms with Crippen LogP contribution in [0, 0.1) is 6.92 Å². The normalized spacial score (nSPS) is 16.8. The van der Waals surface area contributed by atoms with Crippen molar-refractivity contribution in [3.63, 3.8) is 0 Å². The summed E-state index contributed by atoms with van der Waals surface area (Å²) in [5.41, 5.74) is 1.58. The second-order valence-corrected chi connectivity index (χ2v) is 4.97. The van der Waals surface area contributed by atoms with Gasteiger partial charge in [0.15, 0.2) is 11.5 Å². The van der Waals surface area contributed by atoms with Crippen molar-refractivity contribution >= 4 is 6.08 Å². The molecule has 0 heterocycles.